The Balaban J connectivity index is 1.73. The van der Waals surface area contributed by atoms with Crippen LogP contribution in [0.25, 0.3) is 0 Å². The Morgan fingerprint density at radius 1 is 1.45 bits per heavy atom. The van der Waals surface area contributed by atoms with Gasteiger partial charge in [0.1, 0.15) is 0 Å². The maximum Gasteiger partial charge on any atom is 0.237 e. The summed E-state index contributed by atoms with van der Waals surface area (Å²) in [5, 5.41) is 13.1. The van der Waals surface area contributed by atoms with Crippen LogP contribution in [-0.4, -0.2) is 73.6 Å². The topological polar surface area (TPSA) is 71.0 Å². The molecule has 0 radical (unpaired) electrons. The molecule has 0 aromatic heterocycles. The van der Waals surface area contributed by atoms with Crippen molar-refractivity contribution in [3.8, 4) is 0 Å². The highest BCUT2D eigenvalue weighted by molar-refractivity contribution is 5.82. The minimum absolute atomic E-state index is 0.0275. The normalized spacial score (nSPS) is 37.7. The molecule has 2 aliphatic rings. The minimum atomic E-state index is -0.798. The molecule has 2 rings (SSSR count). The summed E-state index contributed by atoms with van der Waals surface area (Å²) in [4.78, 5) is 14.2. The number of carbonyl (C=O) groups excluding carboxylic acids is 1. The summed E-state index contributed by atoms with van der Waals surface area (Å²) in [6.07, 6.45) is 2.16. The number of hydrogen-bond donors (Lipinski definition) is 2. The number of carbonyl (C=O) groups is 1. The summed E-state index contributed by atoms with van der Waals surface area (Å²) < 4.78 is 10.7. The molecular formula is C14H26N2O4. The Kier molecular flexibility index (Phi) is 5.01. The molecule has 1 heterocycles. The second kappa shape index (κ2) is 6.39. The van der Waals surface area contributed by atoms with Gasteiger partial charge in [-0.1, -0.05) is 0 Å². The van der Waals surface area contributed by atoms with Crippen molar-refractivity contribution in [3.05, 3.63) is 0 Å². The monoisotopic (exact) mass is 286 g/mol. The van der Waals surface area contributed by atoms with E-state index in [0.717, 1.165) is 6.54 Å². The van der Waals surface area contributed by atoms with Crippen LogP contribution in [0.2, 0.25) is 0 Å². The largest absolute Gasteiger partial charge is 0.388 e. The van der Waals surface area contributed by atoms with Gasteiger partial charge < -0.3 is 19.9 Å². The van der Waals surface area contributed by atoms with Gasteiger partial charge in [-0.25, -0.2) is 0 Å². The van der Waals surface area contributed by atoms with Gasteiger partial charge in [0, 0.05) is 39.6 Å². The lowest BCUT2D eigenvalue weighted by atomic mass is 9.77. The van der Waals surface area contributed by atoms with Crippen molar-refractivity contribution < 1.29 is 19.4 Å². The molecule has 2 atom stereocenters. The van der Waals surface area contributed by atoms with E-state index >= 15 is 0 Å². The van der Waals surface area contributed by atoms with Gasteiger partial charge in [-0.3, -0.25) is 9.69 Å². The van der Waals surface area contributed by atoms with E-state index in [1.807, 2.05) is 18.9 Å². The Hall–Kier alpha value is -0.690. The molecule has 20 heavy (non-hydrogen) atoms. The predicted octanol–water partition coefficient (Wildman–Crippen LogP) is -0.248. The highest BCUT2D eigenvalue weighted by Crippen LogP contribution is 2.34. The van der Waals surface area contributed by atoms with Gasteiger partial charge in [0.25, 0.3) is 0 Å². The summed E-state index contributed by atoms with van der Waals surface area (Å²) in [5.41, 5.74) is -0.798. The number of rotatable bonds is 6. The third kappa shape index (κ3) is 3.49. The van der Waals surface area contributed by atoms with Gasteiger partial charge in [-0.05, 0) is 20.4 Å². The first-order valence-electron chi connectivity index (χ1n) is 7.32. The molecule has 0 aromatic rings. The number of hydrogen-bond acceptors (Lipinski definition) is 5. The fraction of sp³-hybridized carbons (Fsp3) is 0.929. The molecule has 1 aliphatic carbocycles. The van der Waals surface area contributed by atoms with Crippen LogP contribution >= 0.6 is 0 Å². The number of likely N-dealkylation sites (tertiary alicyclic amines) is 1. The zero-order valence-corrected chi connectivity index (χ0v) is 12.6. The van der Waals surface area contributed by atoms with E-state index in [2.05, 4.69) is 5.32 Å². The van der Waals surface area contributed by atoms with Crippen molar-refractivity contribution in [1.29, 1.82) is 0 Å². The predicted molar refractivity (Wildman–Crippen MR) is 74.4 cm³/mol. The van der Waals surface area contributed by atoms with Gasteiger partial charge in [-0.2, -0.15) is 0 Å². The standard InChI is InChI=1S/C14H26N2O4/c1-4-20-11-6-14(18,7-11)9-15-13(17)12-5-10(19-3)8-16(12)2/h10-12,18H,4-9H2,1-3H3,(H,15,17)/t10-,11?,12-,14?/m0/s1. The van der Waals surface area contributed by atoms with Crippen LogP contribution in [-0.2, 0) is 14.3 Å². The van der Waals surface area contributed by atoms with Crippen LogP contribution in [0.15, 0.2) is 0 Å². The first-order chi connectivity index (χ1) is 9.47. The molecule has 2 fully saturated rings. The third-order valence-corrected chi connectivity index (χ3v) is 4.36. The van der Waals surface area contributed by atoms with Crippen molar-refractivity contribution in [2.24, 2.45) is 0 Å². The van der Waals surface area contributed by atoms with Gasteiger partial charge >= 0.3 is 0 Å². The van der Waals surface area contributed by atoms with Crippen molar-refractivity contribution in [2.45, 2.75) is 50.0 Å². The Morgan fingerprint density at radius 2 is 2.15 bits per heavy atom. The van der Waals surface area contributed by atoms with Gasteiger partial charge in [0.15, 0.2) is 0 Å². The Bertz CT molecular complexity index is 344. The van der Waals surface area contributed by atoms with Crippen molar-refractivity contribution in [3.63, 3.8) is 0 Å². The molecule has 1 aliphatic heterocycles. The molecule has 2 N–H and O–H groups in total. The van der Waals surface area contributed by atoms with Crippen molar-refractivity contribution in [1.82, 2.24) is 10.2 Å². The van der Waals surface area contributed by atoms with E-state index < -0.39 is 5.60 Å². The quantitative estimate of drug-likeness (QED) is 0.705. The molecule has 116 valence electrons. The molecule has 6 nitrogen and oxygen atoms in total. The second-order valence-electron chi connectivity index (χ2n) is 5.98. The van der Waals surface area contributed by atoms with Gasteiger partial charge in [-0.15, -0.1) is 0 Å². The summed E-state index contributed by atoms with van der Waals surface area (Å²) in [6, 6.07) is -0.161. The fourth-order valence-corrected chi connectivity index (χ4v) is 3.09. The van der Waals surface area contributed by atoms with E-state index in [1.165, 1.54) is 0 Å². The summed E-state index contributed by atoms with van der Waals surface area (Å²) in [6.45, 7) is 3.68. The van der Waals surface area contributed by atoms with Crippen LogP contribution in [0.5, 0.6) is 0 Å². The van der Waals surface area contributed by atoms with Crippen molar-refractivity contribution >= 4 is 5.91 Å². The van der Waals surface area contributed by atoms with E-state index in [9.17, 15) is 9.90 Å². The van der Waals surface area contributed by atoms with Crippen LogP contribution < -0.4 is 5.32 Å². The molecule has 0 bridgehead atoms. The molecular weight excluding hydrogens is 260 g/mol. The number of likely N-dealkylation sites (N-methyl/N-ethyl adjacent to an activating group) is 1. The number of methoxy groups -OCH3 is 1. The molecule has 0 aromatic carbocycles. The van der Waals surface area contributed by atoms with Crippen LogP contribution in [0.1, 0.15) is 26.2 Å². The first-order valence-corrected chi connectivity index (χ1v) is 7.32. The van der Waals surface area contributed by atoms with Crippen LogP contribution in [0.3, 0.4) is 0 Å². The van der Waals surface area contributed by atoms with Crippen LogP contribution in [0.4, 0.5) is 0 Å². The molecule has 6 heteroatoms. The molecule has 1 amide bonds. The number of amides is 1. The first kappa shape index (κ1) is 15.7. The van der Waals surface area contributed by atoms with Gasteiger partial charge in [0.2, 0.25) is 5.91 Å². The maximum absolute atomic E-state index is 12.2. The SMILES string of the molecule is CCOC1CC(O)(CNC(=O)[C@@H]2C[C@H](OC)CN2C)C1. The highest BCUT2D eigenvalue weighted by Gasteiger charge is 2.44. The van der Waals surface area contributed by atoms with Gasteiger partial charge in [0.05, 0.1) is 23.9 Å². The Labute approximate surface area is 120 Å². The number of nitrogens with one attached hydrogen (secondary N) is 1. The van der Waals surface area contributed by atoms with E-state index in [0.29, 0.717) is 32.4 Å². The molecule has 0 spiro atoms. The average molecular weight is 286 g/mol. The number of nitrogens with zero attached hydrogens (tertiary/aromatic N) is 1. The lowest BCUT2D eigenvalue weighted by Gasteiger charge is -2.43. The maximum atomic E-state index is 12.2. The zero-order chi connectivity index (χ0) is 14.8. The highest BCUT2D eigenvalue weighted by atomic mass is 16.5. The number of ether oxygens (including phenoxy) is 2. The minimum Gasteiger partial charge on any atom is -0.388 e. The fourth-order valence-electron chi connectivity index (χ4n) is 3.09. The molecule has 1 saturated carbocycles. The number of aliphatic hydroxyl groups is 1. The van der Waals surface area contributed by atoms with E-state index in [-0.39, 0.29) is 24.2 Å². The second-order valence-corrected chi connectivity index (χ2v) is 5.98. The van der Waals surface area contributed by atoms with Crippen molar-refractivity contribution in [2.75, 3.05) is 33.9 Å². The van der Waals surface area contributed by atoms with Crippen LogP contribution in [0, 0.1) is 0 Å². The Morgan fingerprint density at radius 3 is 2.70 bits per heavy atom. The molecule has 1 saturated heterocycles. The lowest BCUT2D eigenvalue weighted by Crippen LogP contribution is -2.56. The summed E-state index contributed by atoms with van der Waals surface area (Å²) in [5.74, 6) is -0.0275. The third-order valence-electron chi connectivity index (χ3n) is 4.36. The van der Waals surface area contributed by atoms with E-state index in [4.69, 9.17) is 9.47 Å². The summed E-state index contributed by atoms with van der Waals surface area (Å²) in [7, 11) is 3.59. The summed E-state index contributed by atoms with van der Waals surface area (Å²) >= 11 is 0. The lowest BCUT2D eigenvalue weighted by molar-refractivity contribution is -0.143. The van der Waals surface area contributed by atoms with E-state index in [1.54, 1.807) is 7.11 Å². The zero-order valence-electron chi connectivity index (χ0n) is 12.6. The smallest absolute Gasteiger partial charge is 0.237 e. The molecule has 0 unspecified atom stereocenters. The average Bonchev–Trinajstić information content (AvgIpc) is 2.76.